The van der Waals surface area contributed by atoms with E-state index in [4.69, 9.17) is 0 Å². The molecule has 0 fully saturated rings. The monoisotopic (exact) mass is 144 g/mol. The number of ether oxygens (including phenoxy) is 1. The first-order chi connectivity index (χ1) is 4.54. The van der Waals surface area contributed by atoms with Gasteiger partial charge in [-0.05, 0) is 20.3 Å². The fraction of sp³-hybridized carbons (Fsp3) is 0.714. The average Bonchev–Trinajstić information content (AvgIpc) is 1.89. The first kappa shape index (κ1) is 9.14. The molecule has 0 spiro atoms. The van der Waals surface area contributed by atoms with Crippen molar-refractivity contribution in [3.05, 3.63) is 0 Å². The number of carbonyl (C=O) groups excluding carboxylic acids is 2. The summed E-state index contributed by atoms with van der Waals surface area (Å²) < 4.78 is 4.18. The van der Waals surface area contributed by atoms with Crippen LogP contribution in [-0.2, 0) is 14.3 Å². The van der Waals surface area contributed by atoms with E-state index in [2.05, 4.69) is 4.74 Å². The number of hydrogen-bond donors (Lipinski definition) is 0. The van der Waals surface area contributed by atoms with Crippen LogP contribution < -0.4 is 0 Å². The summed E-state index contributed by atoms with van der Waals surface area (Å²) in [5.41, 5.74) is -0.541. The Balaban J connectivity index is 4.03. The van der Waals surface area contributed by atoms with E-state index in [0.717, 1.165) is 0 Å². The number of esters is 1. The van der Waals surface area contributed by atoms with Crippen molar-refractivity contribution in [2.45, 2.75) is 27.2 Å². The minimum Gasteiger partial charge on any atom is -0.395 e. The maximum atomic E-state index is 10.8. The molecule has 0 rings (SSSR count). The zero-order valence-corrected chi connectivity index (χ0v) is 6.51. The Labute approximate surface area is 60.4 Å². The summed E-state index contributed by atoms with van der Waals surface area (Å²) >= 11 is 0. The molecule has 0 aromatic rings. The predicted octanol–water partition coefficient (Wildman–Crippen LogP) is 1.12. The molecule has 0 amide bonds. The van der Waals surface area contributed by atoms with E-state index < -0.39 is 11.4 Å². The van der Waals surface area contributed by atoms with Crippen LogP contribution in [0, 0.1) is 5.41 Å². The fourth-order valence-corrected chi connectivity index (χ4v) is 0.348. The molecule has 0 saturated heterocycles. The van der Waals surface area contributed by atoms with Crippen molar-refractivity contribution in [2.24, 2.45) is 5.41 Å². The van der Waals surface area contributed by atoms with Crippen LogP contribution in [0.2, 0.25) is 0 Å². The Hall–Kier alpha value is -0.860. The molecule has 0 saturated carbocycles. The van der Waals surface area contributed by atoms with Gasteiger partial charge in [-0.1, -0.05) is 6.92 Å². The van der Waals surface area contributed by atoms with E-state index in [1.165, 1.54) is 0 Å². The van der Waals surface area contributed by atoms with Crippen LogP contribution in [0.25, 0.3) is 0 Å². The topological polar surface area (TPSA) is 43.4 Å². The molecule has 58 valence electrons. The summed E-state index contributed by atoms with van der Waals surface area (Å²) in [4.78, 5) is 20.6. The normalized spacial score (nSPS) is 10.7. The third-order valence-corrected chi connectivity index (χ3v) is 1.59. The maximum absolute atomic E-state index is 10.8. The van der Waals surface area contributed by atoms with Crippen molar-refractivity contribution in [3.63, 3.8) is 0 Å². The highest BCUT2D eigenvalue weighted by molar-refractivity contribution is 5.81. The lowest BCUT2D eigenvalue weighted by atomic mass is 9.91. The molecule has 0 aromatic heterocycles. The summed E-state index contributed by atoms with van der Waals surface area (Å²) in [5, 5.41) is 0. The van der Waals surface area contributed by atoms with Gasteiger partial charge in [0.2, 0.25) is 0 Å². The maximum Gasteiger partial charge on any atom is 0.318 e. The first-order valence-electron chi connectivity index (χ1n) is 3.19. The van der Waals surface area contributed by atoms with Gasteiger partial charge in [-0.25, -0.2) is 0 Å². The van der Waals surface area contributed by atoms with Gasteiger partial charge in [0.25, 0.3) is 0 Å². The minimum absolute atomic E-state index is 0.166. The van der Waals surface area contributed by atoms with E-state index >= 15 is 0 Å². The third-order valence-electron chi connectivity index (χ3n) is 1.59. The predicted molar refractivity (Wildman–Crippen MR) is 36.2 cm³/mol. The second-order valence-corrected chi connectivity index (χ2v) is 2.74. The van der Waals surface area contributed by atoms with Gasteiger partial charge in [0.15, 0.2) is 0 Å². The quantitative estimate of drug-likeness (QED) is 0.338. The van der Waals surface area contributed by atoms with Crippen molar-refractivity contribution in [3.8, 4) is 0 Å². The highest BCUT2D eigenvalue weighted by atomic mass is 16.6. The van der Waals surface area contributed by atoms with E-state index in [1.807, 2.05) is 6.92 Å². The summed E-state index contributed by atoms with van der Waals surface area (Å²) in [6.45, 7) is 5.50. The van der Waals surface area contributed by atoms with Crippen molar-refractivity contribution in [2.75, 3.05) is 0 Å². The highest BCUT2D eigenvalue weighted by Crippen LogP contribution is 2.20. The molecule has 0 aliphatic rings. The van der Waals surface area contributed by atoms with Gasteiger partial charge in [-0.15, -0.1) is 0 Å². The van der Waals surface area contributed by atoms with E-state index in [1.54, 1.807) is 13.8 Å². The summed E-state index contributed by atoms with van der Waals surface area (Å²) in [6.07, 6.45) is 0.666. The Morgan fingerprint density at radius 2 is 2.10 bits per heavy atom. The number of rotatable bonds is 3. The molecule has 0 aliphatic carbocycles. The molecule has 0 unspecified atom stereocenters. The SMILES string of the molecule is CCC(C)(C)C(=O)OC=O. The first-order valence-corrected chi connectivity index (χ1v) is 3.19. The molecule has 3 nitrogen and oxygen atoms in total. The Morgan fingerprint density at radius 1 is 1.60 bits per heavy atom. The lowest BCUT2D eigenvalue weighted by molar-refractivity contribution is -0.159. The number of carbonyl (C=O) groups is 2. The van der Waals surface area contributed by atoms with Crippen LogP contribution in [0.5, 0.6) is 0 Å². The molecule has 0 heterocycles. The molecule has 0 bridgehead atoms. The Bertz CT molecular complexity index is 138. The molecule has 0 aliphatic heterocycles. The molecule has 10 heavy (non-hydrogen) atoms. The van der Waals surface area contributed by atoms with Gasteiger partial charge >= 0.3 is 12.4 Å². The van der Waals surface area contributed by atoms with Crippen LogP contribution in [-0.4, -0.2) is 12.4 Å². The Kier molecular flexibility index (Phi) is 3.06. The minimum atomic E-state index is -0.541. The van der Waals surface area contributed by atoms with E-state index in [-0.39, 0.29) is 6.47 Å². The van der Waals surface area contributed by atoms with Gasteiger partial charge in [0, 0.05) is 0 Å². The van der Waals surface area contributed by atoms with Crippen LogP contribution in [0.3, 0.4) is 0 Å². The molecule has 3 heteroatoms. The Morgan fingerprint density at radius 3 is 2.40 bits per heavy atom. The highest BCUT2D eigenvalue weighted by Gasteiger charge is 2.26. The second-order valence-electron chi connectivity index (χ2n) is 2.74. The molecule has 0 atom stereocenters. The van der Waals surface area contributed by atoms with Gasteiger partial charge in [0.1, 0.15) is 0 Å². The van der Waals surface area contributed by atoms with Crippen LogP contribution in [0.1, 0.15) is 27.2 Å². The van der Waals surface area contributed by atoms with Gasteiger partial charge in [0.05, 0.1) is 5.41 Å². The standard InChI is InChI=1S/C7H12O3/c1-4-7(2,3)6(9)10-5-8/h5H,4H2,1-3H3. The lowest BCUT2D eigenvalue weighted by Crippen LogP contribution is -2.25. The van der Waals surface area contributed by atoms with E-state index in [0.29, 0.717) is 6.42 Å². The number of hydrogen-bond acceptors (Lipinski definition) is 3. The van der Waals surface area contributed by atoms with Crippen molar-refractivity contribution < 1.29 is 14.3 Å². The fourth-order valence-electron chi connectivity index (χ4n) is 0.348. The average molecular weight is 144 g/mol. The van der Waals surface area contributed by atoms with Crippen molar-refractivity contribution in [1.29, 1.82) is 0 Å². The zero-order valence-electron chi connectivity index (χ0n) is 6.51. The van der Waals surface area contributed by atoms with Gasteiger partial charge < -0.3 is 4.74 Å². The smallest absolute Gasteiger partial charge is 0.318 e. The second kappa shape index (κ2) is 3.34. The van der Waals surface area contributed by atoms with Crippen LogP contribution in [0.15, 0.2) is 0 Å². The summed E-state index contributed by atoms with van der Waals surface area (Å²) in [7, 11) is 0. The third kappa shape index (κ3) is 2.17. The van der Waals surface area contributed by atoms with Crippen LogP contribution in [0.4, 0.5) is 0 Å². The lowest BCUT2D eigenvalue weighted by Gasteiger charge is -2.17. The van der Waals surface area contributed by atoms with Crippen molar-refractivity contribution in [1.82, 2.24) is 0 Å². The molecule has 0 aromatic carbocycles. The molecule has 0 radical (unpaired) electrons. The summed E-state index contributed by atoms with van der Waals surface area (Å²) in [6, 6.07) is 0. The van der Waals surface area contributed by atoms with Gasteiger partial charge in [-0.3, -0.25) is 9.59 Å². The van der Waals surface area contributed by atoms with Gasteiger partial charge in [-0.2, -0.15) is 0 Å². The zero-order chi connectivity index (χ0) is 8.20. The molecular formula is C7H12O3. The molecular weight excluding hydrogens is 132 g/mol. The van der Waals surface area contributed by atoms with E-state index in [9.17, 15) is 9.59 Å². The van der Waals surface area contributed by atoms with Crippen molar-refractivity contribution >= 4 is 12.4 Å². The summed E-state index contributed by atoms with van der Waals surface area (Å²) in [5.74, 6) is -0.468. The molecule has 0 N–H and O–H groups in total. The largest absolute Gasteiger partial charge is 0.395 e. The van der Waals surface area contributed by atoms with Crippen LogP contribution >= 0.6 is 0 Å².